The van der Waals surface area contributed by atoms with Crippen molar-refractivity contribution in [3.63, 3.8) is 0 Å². The van der Waals surface area contributed by atoms with E-state index in [1.165, 1.54) is 12.1 Å². The first-order valence-electron chi connectivity index (χ1n) is 7.02. The molecular formula is C16H20FN3O2. The Morgan fingerprint density at radius 2 is 2.09 bits per heavy atom. The van der Waals surface area contributed by atoms with Gasteiger partial charge in [0.1, 0.15) is 11.6 Å². The minimum atomic E-state index is -0.292. The number of amides is 2. The Balaban J connectivity index is 1.87. The molecule has 0 aliphatic heterocycles. The second-order valence-electron chi connectivity index (χ2n) is 5.18. The third-order valence-electron chi connectivity index (χ3n) is 3.32. The molecule has 2 rings (SSSR count). The normalized spacial score (nSPS) is 12.2. The molecule has 0 bridgehead atoms. The lowest BCUT2D eigenvalue weighted by atomic mass is 10.1. The van der Waals surface area contributed by atoms with E-state index < -0.39 is 0 Å². The van der Waals surface area contributed by atoms with Crippen molar-refractivity contribution >= 4 is 6.03 Å². The van der Waals surface area contributed by atoms with E-state index in [0.717, 1.165) is 5.56 Å². The molecular weight excluding hydrogens is 285 g/mol. The smallest absolute Gasteiger partial charge is 0.315 e. The highest BCUT2D eigenvalue weighted by Gasteiger charge is 2.15. The summed E-state index contributed by atoms with van der Waals surface area (Å²) >= 11 is 0. The van der Waals surface area contributed by atoms with E-state index in [9.17, 15) is 9.18 Å². The van der Waals surface area contributed by atoms with Gasteiger partial charge >= 0.3 is 6.03 Å². The summed E-state index contributed by atoms with van der Waals surface area (Å²) in [6, 6.07) is 9.54. The highest BCUT2D eigenvalue weighted by Crippen LogP contribution is 2.18. The zero-order valence-corrected chi connectivity index (χ0v) is 12.7. The van der Waals surface area contributed by atoms with Gasteiger partial charge in [-0.1, -0.05) is 12.1 Å². The predicted octanol–water partition coefficient (Wildman–Crippen LogP) is 2.52. The molecule has 2 N–H and O–H groups in total. The maximum absolute atomic E-state index is 13.3. The fourth-order valence-corrected chi connectivity index (χ4v) is 2.14. The molecule has 1 unspecified atom stereocenters. The Morgan fingerprint density at radius 3 is 2.73 bits per heavy atom. The van der Waals surface area contributed by atoms with Crippen LogP contribution in [0.4, 0.5) is 9.18 Å². The topological polar surface area (TPSA) is 57.5 Å². The molecule has 1 aromatic heterocycles. The van der Waals surface area contributed by atoms with Gasteiger partial charge in [0.15, 0.2) is 0 Å². The highest BCUT2D eigenvalue weighted by molar-refractivity contribution is 5.73. The maximum atomic E-state index is 13.3. The fourth-order valence-electron chi connectivity index (χ4n) is 2.14. The number of carbonyl (C=O) groups is 1. The van der Waals surface area contributed by atoms with Crippen molar-refractivity contribution in [2.24, 2.45) is 0 Å². The van der Waals surface area contributed by atoms with Gasteiger partial charge in [0.25, 0.3) is 0 Å². The van der Waals surface area contributed by atoms with Crippen LogP contribution < -0.4 is 10.6 Å². The number of hydrogen-bond acceptors (Lipinski definition) is 3. The third kappa shape index (κ3) is 4.60. The van der Waals surface area contributed by atoms with Gasteiger partial charge in [-0.25, -0.2) is 9.18 Å². The number of likely N-dealkylation sites (N-methyl/N-ethyl adjacent to an activating group) is 1. The van der Waals surface area contributed by atoms with Crippen LogP contribution in [-0.2, 0) is 6.54 Å². The van der Waals surface area contributed by atoms with Crippen LogP contribution in [0.1, 0.15) is 17.4 Å². The summed E-state index contributed by atoms with van der Waals surface area (Å²) in [5.74, 6) is 0.399. The van der Waals surface area contributed by atoms with Crippen molar-refractivity contribution < 1.29 is 13.6 Å². The Bertz CT molecular complexity index is 599. The molecule has 0 saturated heterocycles. The molecule has 1 heterocycles. The van der Waals surface area contributed by atoms with Gasteiger partial charge in [-0.15, -0.1) is 0 Å². The molecule has 6 heteroatoms. The standard InChI is InChI=1S/C16H20FN3O2/c1-20(2)15(12-5-3-6-13(17)9-12)11-19-16(21)18-10-14-7-4-8-22-14/h3-9,15H,10-11H2,1-2H3,(H2,18,19,21). The van der Waals surface area contributed by atoms with Crippen molar-refractivity contribution in [3.05, 3.63) is 59.8 Å². The third-order valence-corrected chi connectivity index (χ3v) is 3.32. The zero-order valence-electron chi connectivity index (χ0n) is 12.7. The molecule has 2 aromatic rings. The van der Waals surface area contributed by atoms with Crippen LogP contribution in [0.2, 0.25) is 0 Å². The second kappa shape index (κ2) is 7.61. The van der Waals surface area contributed by atoms with E-state index in [-0.39, 0.29) is 17.9 Å². The SMILES string of the molecule is CN(C)C(CNC(=O)NCc1ccco1)c1cccc(F)c1. The van der Waals surface area contributed by atoms with Gasteiger partial charge in [0.05, 0.1) is 18.8 Å². The number of nitrogens with one attached hydrogen (secondary N) is 2. The summed E-state index contributed by atoms with van der Waals surface area (Å²) < 4.78 is 18.5. The van der Waals surface area contributed by atoms with Crippen LogP contribution in [0.3, 0.4) is 0 Å². The van der Waals surface area contributed by atoms with Crippen LogP contribution in [0.15, 0.2) is 47.1 Å². The van der Waals surface area contributed by atoms with E-state index in [2.05, 4.69) is 10.6 Å². The number of carbonyl (C=O) groups excluding carboxylic acids is 1. The van der Waals surface area contributed by atoms with Gasteiger partial charge in [-0.2, -0.15) is 0 Å². The van der Waals surface area contributed by atoms with E-state index in [0.29, 0.717) is 18.8 Å². The first kappa shape index (κ1) is 16.0. The van der Waals surface area contributed by atoms with Gasteiger partial charge in [-0.3, -0.25) is 0 Å². The van der Waals surface area contributed by atoms with Gasteiger partial charge in [0.2, 0.25) is 0 Å². The van der Waals surface area contributed by atoms with E-state index in [4.69, 9.17) is 4.42 Å². The first-order valence-corrected chi connectivity index (χ1v) is 7.02. The van der Waals surface area contributed by atoms with Crippen LogP contribution in [0.5, 0.6) is 0 Å². The van der Waals surface area contributed by atoms with Crippen molar-refractivity contribution in [1.29, 1.82) is 0 Å². The molecule has 2 amide bonds. The zero-order chi connectivity index (χ0) is 15.9. The van der Waals surface area contributed by atoms with Crippen molar-refractivity contribution in [3.8, 4) is 0 Å². The number of hydrogen-bond donors (Lipinski definition) is 2. The Morgan fingerprint density at radius 1 is 1.27 bits per heavy atom. The van der Waals surface area contributed by atoms with Crippen molar-refractivity contribution in [2.75, 3.05) is 20.6 Å². The molecule has 0 spiro atoms. The Kier molecular flexibility index (Phi) is 5.55. The van der Waals surface area contributed by atoms with Crippen molar-refractivity contribution in [1.82, 2.24) is 15.5 Å². The molecule has 1 atom stereocenters. The number of halogens is 1. The minimum absolute atomic E-state index is 0.106. The Labute approximate surface area is 129 Å². The van der Waals surface area contributed by atoms with E-state index >= 15 is 0 Å². The minimum Gasteiger partial charge on any atom is -0.467 e. The van der Waals surface area contributed by atoms with E-state index in [1.807, 2.05) is 25.1 Å². The summed E-state index contributed by atoms with van der Waals surface area (Å²) in [5, 5.41) is 5.49. The molecule has 0 aliphatic rings. The number of benzene rings is 1. The maximum Gasteiger partial charge on any atom is 0.315 e. The quantitative estimate of drug-likeness (QED) is 0.862. The highest BCUT2D eigenvalue weighted by atomic mass is 19.1. The largest absolute Gasteiger partial charge is 0.467 e. The molecule has 1 aromatic carbocycles. The molecule has 5 nitrogen and oxygen atoms in total. The molecule has 22 heavy (non-hydrogen) atoms. The average molecular weight is 305 g/mol. The molecule has 0 radical (unpaired) electrons. The number of nitrogens with zero attached hydrogens (tertiary/aromatic N) is 1. The molecule has 0 aliphatic carbocycles. The summed E-state index contributed by atoms with van der Waals surface area (Å²) in [5.41, 5.74) is 0.816. The second-order valence-corrected chi connectivity index (χ2v) is 5.18. The monoisotopic (exact) mass is 305 g/mol. The summed E-state index contributed by atoms with van der Waals surface area (Å²) in [7, 11) is 3.77. The number of urea groups is 1. The van der Waals surface area contributed by atoms with Crippen LogP contribution in [-0.4, -0.2) is 31.6 Å². The van der Waals surface area contributed by atoms with Crippen LogP contribution >= 0.6 is 0 Å². The summed E-state index contributed by atoms with van der Waals surface area (Å²) in [6.45, 7) is 0.700. The lowest BCUT2D eigenvalue weighted by Crippen LogP contribution is -2.40. The lowest BCUT2D eigenvalue weighted by Gasteiger charge is -2.25. The number of furan rings is 1. The molecule has 0 fully saturated rings. The summed E-state index contributed by atoms with van der Waals surface area (Å²) in [6.07, 6.45) is 1.56. The first-order chi connectivity index (χ1) is 10.6. The molecule has 0 saturated carbocycles. The van der Waals surface area contributed by atoms with Gasteiger partial charge in [-0.05, 0) is 43.9 Å². The predicted molar refractivity (Wildman–Crippen MR) is 81.8 cm³/mol. The van der Waals surface area contributed by atoms with Crippen LogP contribution in [0.25, 0.3) is 0 Å². The molecule has 118 valence electrons. The van der Waals surface area contributed by atoms with Crippen LogP contribution in [0, 0.1) is 5.82 Å². The fraction of sp³-hybridized carbons (Fsp3) is 0.312. The lowest BCUT2D eigenvalue weighted by molar-refractivity contribution is 0.231. The number of rotatable bonds is 6. The van der Waals surface area contributed by atoms with Crippen molar-refractivity contribution in [2.45, 2.75) is 12.6 Å². The average Bonchev–Trinajstić information content (AvgIpc) is 2.98. The van der Waals surface area contributed by atoms with Gasteiger partial charge in [0, 0.05) is 6.54 Å². The Hall–Kier alpha value is -2.34. The van der Waals surface area contributed by atoms with E-state index in [1.54, 1.807) is 24.5 Å². The summed E-state index contributed by atoms with van der Waals surface area (Å²) in [4.78, 5) is 13.7. The van der Waals surface area contributed by atoms with Gasteiger partial charge < -0.3 is 20.0 Å².